The van der Waals surface area contributed by atoms with Gasteiger partial charge < -0.3 is 21.7 Å². The summed E-state index contributed by atoms with van der Waals surface area (Å²) in [6.45, 7) is 5.66. The molecule has 132 valence electrons. The van der Waals surface area contributed by atoms with Gasteiger partial charge in [-0.1, -0.05) is 20.8 Å². The quantitative estimate of drug-likeness (QED) is 0.223. The highest BCUT2D eigenvalue weighted by Gasteiger charge is 2.27. The van der Waals surface area contributed by atoms with Crippen molar-refractivity contribution < 1.29 is 19.2 Å². The van der Waals surface area contributed by atoms with E-state index in [1.807, 2.05) is 13.8 Å². The number of urea groups is 1. The van der Waals surface area contributed by atoms with Gasteiger partial charge in [-0.15, -0.1) is 0 Å². The first-order chi connectivity index (χ1) is 10.7. The number of halogens is 1. The van der Waals surface area contributed by atoms with Crippen LogP contribution >= 0.6 is 22.6 Å². The van der Waals surface area contributed by atoms with Crippen LogP contribution in [0.5, 0.6) is 0 Å². The van der Waals surface area contributed by atoms with E-state index in [9.17, 15) is 19.2 Å². The number of nitrogens with two attached hydrogens (primary N) is 1. The molecular weight excluding hydrogens is 415 g/mol. The maximum absolute atomic E-state index is 12.3. The van der Waals surface area contributed by atoms with E-state index in [0.717, 1.165) is 0 Å². The standard InChI is InChI=1S/C14H25IN4O4/c1-4-10(20)19-11(8(2)3)13(22)18-9(12(15)21)6-5-7-17-14(16)23/h8-9,11H,4-7H2,1-3H3,(H,18,22)(H,19,20)(H3,16,17,23). The second kappa shape index (κ2) is 11.2. The molecule has 4 amide bonds. The van der Waals surface area contributed by atoms with Gasteiger partial charge in [-0.2, -0.15) is 0 Å². The Morgan fingerprint density at radius 1 is 1.13 bits per heavy atom. The van der Waals surface area contributed by atoms with Crippen LogP contribution in [0, 0.1) is 5.92 Å². The maximum atomic E-state index is 12.3. The zero-order chi connectivity index (χ0) is 18.0. The predicted molar refractivity (Wildman–Crippen MR) is 94.8 cm³/mol. The van der Waals surface area contributed by atoms with Crippen LogP contribution in [-0.2, 0) is 14.4 Å². The average Bonchev–Trinajstić information content (AvgIpc) is 2.46. The summed E-state index contributed by atoms with van der Waals surface area (Å²) < 4.78 is -0.209. The minimum absolute atomic E-state index is 0.105. The Balaban J connectivity index is 4.64. The second-order valence-electron chi connectivity index (χ2n) is 5.44. The number of carbonyl (C=O) groups excluding carboxylic acids is 4. The van der Waals surface area contributed by atoms with Crippen LogP contribution in [0.15, 0.2) is 0 Å². The maximum Gasteiger partial charge on any atom is 0.312 e. The predicted octanol–water partition coefficient (Wildman–Crippen LogP) is 0.432. The largest absolute Gasteiger partial charge is 0.352 e. The van der Waals surface area contributed by atoms with E-state index in [1.54, 1.807) is 29.5 Å². The molecule has 2 unspecified atom stereocenters. The van der Waals surface area contributed by atoms with Crippen LogP contribution in [0.1, 0.15) is 40.0 Å². The van der Waals surface area contributed by atoms with E-state index in [1.165, 1.54) is 0 Å². The van der Waals surface area contributed by atoms with Gasteiger partial charge in [-0.25, -0.2) is 4.79 Å². The minimum atomic E-state index is -0.690. The number of carbonyl (C=O) groups is 4. The van der Waals surface area contributed by atoms with Crippen molar-refractivity contribution in [1.29, 1.82) is 0 Å². The van der Waals surface area contributed by atoms with Crippen molar-refractivity contribution in [2.45, 2.75) is 52.1 Å². The molecule has 0 aliphatic heterocycles. The minimum Gasteiger partial charge on any atom is -0.352 e. The number of hydrogen-bond acceptors (Lipinski definition) is 4. The van der Waals surface area contributed by atoms with Gasteiger partial charge in [-0.05, 0) is 18.8 Å². The Morgan fingerprint density at radius 2 is 1.74 bits per heavy atom. The first kappa shape index (κ1) is 21.6. The third-order valence-electron chi connectivity index (χ3n) is 3.15. The summed E-state index contributed by atoms with van der Waals surface area (Å²) in [6, 6.07) is -1.99. The van der Waals surface area contributed by atoms with Gasteiger partial charge in [-0.3, -0.25) is 14.4 Å². The van der Waals surface area contributed by atoms with Crippen molar-refractivity contribution in [2.75, 3.05) is 6.54 Å². The molecule has 0 fully saturated rings. The number of amides is 4. The molecule has 0 aliphatic rings. The monoisotopic (exact) mass is 440 g/mol. The van der Waals surface area contributed by atoms with Crippen LogP contribution in [0.2, 0.25) is 0 Å². The molecule has 0 saturated heterocycles. The van der Waals surface area contributed by atoms with E-state index >= 15 is 0 Å². The lowest BCUT2D eigenvalue weighted by Gasteiger charge is -2.24. The lowest BCUT2D eigenvalue weighted by molar-refractivity contribution is -0.131. The first-order valence-corrected chi connectivity index (χ1v) is 8.59. The fraction of sp³-hybridized carbons (Fsp3) is 0.714. The smallest absolute Gasteiger partial charge is 0.312 e. The van der Waals surface area contributed by atoms with Crippen LogP contribution in [0.4, 0.5) is 4.79 Å². The number of primary amides is 1. The number of hydrogen-bond donors (Lipinski definition) is 4. The Morgan fingerprint density at radius 3 is 2.17 bits per heavy atom. The zero-order valence-electron chi connectivity index (χ0n) is 13.6. The van der Waals surface area contributed by atoms with Crippen molar-refractivity contribution in [2.24, 2.45) is 11.7 Å². The van der Waals surface area contributed by atoms with Crippen LogP contribution in [-0.4, -0.2) is 40.3 Å². The zero-order valence-corrected chi connectivity index (χ0v) is 15.8. The Hall–Kier alpha value is -1.39. The number of nitrogens with one attached hydrogen (secondary N) is 3. The summed E-state index contributed by atoms with van der Waals surface area (Å²) in [5.41, 5.74) is 4.95. The topological polar surface area (TPSA) is 130 Å². The molecule has 9 heteroatoms. The summed E-state index contributed by atoms with van der Waals surface area (Å²) in [4.78, 5) is 46.1. The normalized spacial score (nSPS) is 13.1. The molecule has 0 spiro atoms. The molecule has 5 N–H and O–H groups in total. The summed E-state index contributed by atoms with van der Waals surface area (Å²) in [6.07, 6.45) is 1.15. The molecule has 0 rings (SSSR count). The van der Waals surface area contributed by atoms with Crippen molar-refractivity contribution in [1.82, 2.24) is 16.0 Å². The van der Waals surface area contributed by atoms with Gasteiger partial charge in [0, 0.05) is 35.6 Å². The second-order valence-corrected chi connectivity index (χ2v) is 6.50. The summed E-state index contributed by atoms with van der Waals surface area (Å²) in [7, 11) is 0. The molecule has 0 radical (unpaired) electrons. The molecule has 0 aromatic heterocycles. The van der Waals surface area contributed by atoms with Crippen molar-refractivity contribution in [3.05, 3.63) is 0 Å². The van der Waals surface area contributed by atoms with Gasteiger partial charge >= 0.3 is 6.03 Å². The van der Waals surface area contributed by atoms with Crippen molar-refractivity contribution in [3.8, 4) is 0 Å². The van der Waals surface area contributed by atoms with Gasteiger partial charge in [0.1, 0.15) is 6.04 Å². The third kappa shape index (κ3) is 9.36. The molecular formula is C14H25IN4O4. The highest BCUT2D eigenvalue weighted by Crippen LogP contribution is 2.07. The van der Waals surface area contributed by atoms with E-state index in [2.05, 4.69) is 16.0 Å². The Kier molecular flexibility index (Phi) is 10.5. The lowest BCUT2D eigenvalue weighted by Crippen LogP contribution is -2.53. The third-order valence-corrected chi connectivity index (χ3v) is 3.90. The van der Waals surface area contributed by atoms with Gasteiger partial charge in [0.05, 0.1) is 6.04 Å². The molecule has 23 heavy (non-hydrogen) atoms. The summed E-state index contributed by atoms with van der Waals surface area (Å²) in [5.74, 6) is -0.714. The van der Waals surface area contributed by atoms with Gasteiger partial charge in [0.2, 0.25) is 15.6 Å². The van der Waals surface area contributed by atoms with Crippen LogP contribution in [0.25, 0.3) is 0 Å². The average molecular weight is 440 g/mol. The molecule has 0 aromatic rings. The molecule has 2 atom stereocenters. The molecule has 0 aliphatic carbocycles. The summed E-state index contributed by atoms with van der Waals surface area (Å²) >= 11 is 1.62. The van der Waals surface area contributed by atoms with Crippen LogP contribution in [0.3, 0.4) is 0 Å². The molecule has 0 heterocycles. The molecule has 8 nitrogen and oxygen atoms in total. The highest BCUT2D eigenvalue weighted by molar-refractivity contribution is 14.1. The van der Waals surface area contributed by atoms with Gasteiger partial charge in [0.15, 0.2) is 0 Å². The van der Waals surface area contributed by atoms with E-state index in [0.29, 0.717) is 19.4 Å². The fourth-order valence-electron chi connectivity index (χ4n) is 1.83. The van der Waals surface area contributed by atoms with Gasteiger partial charge in [0.25, 0.3) is 0 Å². The molecule has 0 bridgehead atoms. The lowest BCUT2D eigenvalue weighted by atomic mass is 10.0. The Labute approximate surface area is 149 Å². The van der Waals surface area contributed by atoms with Crippen LogP contribution < -0.4 is 21.7 Å². The van der Waals surface area contributed by atoms with Crippen molar-refractivity contribution in [3.63, 3.8) is 0 Å². The summed E-state index contributed by atoms with van der Waals surface area (Å²) in [5, 5.41) is 7.74. The van der Waals surface area contributed by atoms with E-state index in [4.69, 9.17) is 5.73 Å². The fourth-order valence-corrected chi connectivity index (χ4v) is 2.30. The molecule has 0 aromatic carbocycles. The van der Waals surface area contributed by atoms with Crippen molar-refractivity contribution >= 4 is 44.2 Å². The molecule has 0 saturated carbocycles. The highest BCUT2D eigenvalue weighted by atomic mass is 127. The Bertz CT molecular complexity index is 442. The SMILES string of the molecule is CCC(=O)NC(C(=O)NC(CCCNC(N)=O)C(=O)I)C(C)C. The number of rotatable bonds is 10. The van der Waals surface area contributed by atoms with E-state index < -0.39 is 18.1 Å². The van der Waals surface area contributed by atoms with E-state index in [-0.39, 0.29) is 27.9 Å². The first-order valence-electron chi connectivity index (χ1n) is 7.51.